The normalized spacial score (nSPS) is 10.3. The molecular weight excluding hydrogens is 284 g/mol. The second-order valence-corrected chi connectivity index (χ2v) is 5.53. The number of carbonyl (C=O) groups is 1. The zero-order chi connectivity index (χ0) is 15.7. The second-order valence-electron chi connectivity index (χ2n) is 5.13. The van der Waals surface area contributed by atoms with E-state index in [1.54, 1.807) is 0 Å². The van der Waals surface area contributed by atoms with Gasteiger partial charge in [-0.2, -0.15) is 0 Å². The van der Waals surface area contributed by atoms with E-state index in [4.69, 9.17) is 12.2 Å². The van der Waals surface area contributed by atoms with Crippen molar-refractivity contribution < 1.29 is 9.69 Å². The van der Waals surface area contributed by atoms with Crippen molar-refractivity contribution >= 4 is 28.9 Å². The summed E-state index contributed by atoms with van der Waals surface area (Å²) in [5.74, 6) is -0.0988. The minimum Gasteiger partial charge on any atom is -0.357 e. The molecule has 0 fully saturated rings. The molecule has 1 aromatic carbocycles. The molecule has 0 unspecified atom stereocenters. The van der Waals surface area contributed by atoms with Crippen molar-refractivity contribution in [2.75, 3.05) is 39.0 Å². The molecule has 0 spiro atoms. The second kappa shape index (κ2) is 9.31. The summed E-state index contributed by atoms with van der Waals surface area (Å²) in [5, 5.41) is 9.40. The first-order chi connectivity index (χ1) is 10.0. The molecule has 0 radical (unpaired) electrons. The molecular formula is C15H25N4OS+. The summed E-state index contributed by atoms with van der Waals surface area (Å²) in [4.78, 5) is 13.2. The van der Waals surface area contributed by atoms with Gasteiger partial charge in [0, 0.05) is 5.69 Å². The van der Waals surface area contributed by atoms with Gasteiger partial charge in [-0.3, -0.25) is 4.79 Å². The molecule has 0 aromatic heterocycles. The minimum atomic E-state index is -0.0988. The number of nitrogens with one attached hydrogen (secondary N) is 4. The minimum absolute atomic E-state index is 0.0988. The third-order valence-electron chi connectivity index (χ3n) is 2.99. The Labute approximate surface area is 132 Å². The largest absolute Gasteiger partial charge is 0.357 e. The molecule has 116 valence electrons. The number of carbonyl (C=O) groups excluding carboxylic acids is 1. The third kappa shape index (κ3) is 7.06. The summed E-state index contributed by atoms with van der Waals surface area (Å²) in [5.41, 5.74) is 1.99. The molecule has 0 bridgehead atoms. The van der Waals surface area contributed by atoms with Gasteiger partial charge in [-0.05, 0) is 30.3 Å². The Morgan fingerprint density at radius 2 is 1.95 bits per heavy atom. The molecule has 1 rings (SSSR count). The SMILES string of the molecule is CCc1ccccc1NC(=O)CNC(=S)NCC[NH+](C)C. The molecule has 1 amide bonds. The third-order valence-corrected chi connectivity index (χ3v) is 3.28. The van der Waals surface area contributed by atoms with Crippen molar-refractivity contribution in [2.24, 2.45) is 0 Å². The van der Waals surface area contributed by atoms with Crippen LogP contribution in [0.2, 0.25) is 0 Å². The van der Waals surface area contributed by atoms with Crippen LogP contribution in [0.15, 0.2) is 24.3 Å². The van der Waals surface area contributed by atoms with Crippen molar-refractivity contribution in [3.63, 3.8) is 0 Å². The smallest absolute Gasteiger partial charge is 0.243 e. The first-order valence-corrected chi connectivity index (χ1v) is 7.62. The van der Waals surface area contributed by atoms with E-state index in [1.165, 1.54) is 4.90 Å². The van der Waals surface area contributed by atoms with Crippen molar-refractivity contribution in [1.82, 2.24) is 10.6 Å². The Morgan fingerprint density at radius 3 is 2.62 bits per heavy atom. The van der Waals surface area contributed by atoms with E-state index in [-0.39, 0.29) is 12.5 Å². The number of hydrogen-bond acceptors (Lipinski definition) is 2. The maximum Gasteiger partial charge on any atom is 0.243 e. The van der Waals surface area contributed by atoms with Crippen molar-refractivity contribution in [3.05, 3.63) is 29.8 Å². The number of thiocarbonyl (C=S) groups is 1. The van der Waals surface area contributed by atoms with E-state index in [0.717, 1.165) is 30.8 Å². The molecule has 6 heteroatoms. The van der Waals surface area contributed by atoms with Gasteiger partial charge in [0.15, 0.2) is 5.11 Å². The van der Waals surface area contributed by atoms with Crippen LogP contribution in [0.4, 0.5) is 5.69 Å². The molecule has 5 nitrogen and oxygen atoms in total. The lowest BCUT2D eigenvalue weighted by molar-refractivity contribution is -0.856. The van der Waals surface area contributed by atoms with Crippen LogP contribution in [0.1, 0.15) is 12.5 Å². The summed E-state index contributed by atoms with van der Waals surface area (Å²) in [6.07, 6.45) is 0.886. The lowest BCUT2D eigenvalue weighted by Gasteiger charge is -2.13. The summed E-state index contributed by atoms with van der Waals surface area (Å²) in [6.45, 7) is 3.99. The topological polar surface area (TPSA) is 57.6 Å². The van der Waals surface area contributed by atoms with Gasteiger partial charge in [-0.25, -0.2) is 0 Å². The van der Waals surface area contributed by atoms with E-state index < -0.39 is 0 Å². The molecule has 0 saturated carbocycles. The standard InChI is InChI=1S/C15H24N4OS/c1-4-12-7-5-6-8-13(12)18-14(20)11-17-15(21)16-9-10-19(2)3/h5-8H,4,9-11H2,1-3H3,(H,18,20)(H2,16,17,21)/p+1. The average molecular weight is 309 g/mol. The Morgan fingerprint density at radius 1 is 1.24 bits per heavy atom. The van der Waals surface area contributed by atoms with Crippen LogP contribution < -0.4 is 20.9 Å². The highest BCUT2D eigenvalue weighted by molar-refractivity contribution is 7.80. The fourth-order valence-electron chi connectivity index (χ4n) is 1.79. The lowest BCUT2D eigenvalue weighted by Crippen LogP contribution is -3.06. The van der Waals surface area contributed by atoms with Gasteiger partial charge in [0.1, 0.15) is 0 Å². The highest BCUT2D eigenvalue weighted by Gasteiger charge is 2.06. The molecule has 21 heavy (non-hydrogen) atoms. The van der Waals surface area contributed by atoms with E-state index in [1.807, 2.05) is 24.3 Å². The maximum absolute atomic E-state index is 11.9. The van der Waals surface area contributed by atoms with Crippen molar-refractivity contribution in [1.29, 1.82) is 0 Å². The van der Waals surface area contributed by atoms with Gasteiger partial charge in [0.25, 0.3) is 0 Å². The predicted molar refractivity (Wildman–Crippen MR) is 90.7 cm³/mol. The number of benzene rings is 1. The average Bonchev–Trinajstić information content (AvgIpc) is 2.45. The summed E-state index contributed by atoms with van der Waals surface area (Å²) < 4.78 is 0. The molecule has 0 saturated heterocycles. The Bertz CT molecular complexity index is 476. The maximum atomic E-state index is 11.9. The van der Waals surface area contributed by atoms with Crippen LogP contribution in [0.25, 0.3) is 0 Å². The number of quaternary nitrogens is 1. The molecule has 0 aliphatic rings. The fraction of sp³-hybridized carbons (Fsp3) is 0.467. The number of aryl methyl sites for hydroxylation is 1. The zero-order valence-corrected chi connectivity index (χ0v) is 13.8. The van der Waals surface area contributed by atoms with Gasteiger partial charge in [-0.1, -0.05) is 25.1 Å². The van der Waals surface area contributed by atoms with E-state index >= 15 is 0 Å². The number of amides is 1. The number of anilines is 1. The first kappa shape index (κ1) is 17.4. The summed E-state index contributed by atoms with van der Waals surface area (Å²) >= 11 is 5.13. The highest BCUT2D eigenvalue weighted by Crippen LogP contribution is 2.14. The molecule has 4 N–H and O–H groups in total. The van der Waals surface area contributed by atoms with Gasteiger partial charge >= 0.3 is 0 Å². The summed E-state index contributed by atoms with van der Waals surface area (Å²) in [7, 11) is 4.16. The van der Waals surface area contributed by atoms with Crippen LogP contribution in [0.3, 0.4) is 0 Å². The first-order valence-electron chi connectivity index (χ1n) is 7.21. The van der Waals surface area contributed by atoms with E-state index in [9.17, 15) is 4.79 Å². The predicted octanol–water partition coefficient (Wildman–Crippen LogP) is -0.204. The zero-order valence-electron chi connectivity index (χ0n) is 13.0. The number of likely N-dealkylation sites (N-methyl/N-ethyl adjacent to an activating group) is 1. The molecule has 0 aliphatic carbocycles. The number of para-hydroxylation sites is 1. The van der Waals surface area contributed by atoms with Crippen molar-refractivity contribution in [3.8, 4) is 0 Å². The van der Waals surface area contributed by atoms with Crippen LogP contribution >= 0.6 is 12.2 Å². The summed E-state index contributed by atoms with van der Waals surface area (Å²) in [6, 6.07) is 7.81. The van der Waals surface area contributed by atoms with Gasteiger partial charge in [0.05, 0.1) is 33.7 Å². The van der Waals surface area contributed by atoms with Gasteiger partial charge in [0.2, 0.25) is 5.91 Å². The molecule has 0 aliphatic heterocycles. The molecule has 0 heterocycles. The van der Waals surface area contributed by atoms with Crippen LogP contribution in [-0.2, 0) is 11.2 Å². The van der Waals surface area contributed by atoms with Crippen LogP contribution in [-0.4, -0.2) is 44.7 Å². The van der Waals surface area contributed by atoms with Crippen LogP contribution in [0.5, 0.6) is 0 Å². The Kier molecular flexibility index (Phi) is 7.71. The van der Waals surface area contributed by atoms with Gasteiger partial charge in [-0.15, -0.1) is 0 Å². The van der Waals surface area contributed by atoms with E-state index in [0.29, 0.717) is 5.11 Å². The molecule has 0 atom stereocenters. The monoisotopic (exact) mass is 309 g/mol. The fourth-order valence-corrected chi connectivity index (χ4v) is 1.97. The van der Waals surface area contributed by atoms with Crippen molar-refractivity contribution in [2.45, 2.75) is 13.3 Å². The lowest BCUT2D eigenvalue weighted by atomic mass is 10.1. The number of rotatable bonds is 7. The van der Waals surface area contributed by atoms with E-state index in [2.05, 4.69) is 37.0 Å². The quantitative estimate of drug-likeness (QED) is 0.527. The van der Waals surface area contributed by atoms with Gasteiger partial charge < -0.3 is 20.9 Å². The molecule has 1 aromatic rings. The Hall–Kier alpha value is -1.66. The van der Waals surface area contributed by atoms with Crippen LogP contribution in [0, 0.1) is 0 Å². The number of hydrogen-bond donors (Lipinski definition) is 4. The highest BCUT2D eigenvalue weighted by atomic mass is 32.1. The Balaban J connectivity index is 2.32.